The Morgan fingerprint density at radius 3 is 2.76 bits per heavy atom. The van der Waals surface area contributed by atoms with Crippen LogP contribution in [-0.4, -0.2) is 12.2 Å². The third-order valence-corrected chi connectivity index (χ3v) is 2.61. The first-order chi connectivity index (χ1) is 8.20. The van der Waals surface area contributed by atoms with E-state index in [4.69, 9.17) is 9.15 Å². The number of anilines is 1. The number of nitrogens with one attached hydrogen (secondary N) is 1. The van der Waals surface area contributed by atoms with Crippen molar-refractivity contribution in [1.82, 2.24) is 0 Å². The van der Waals surface area contributed by atoms with E-state index in [0.717, 1.165) is 11.3 Å². The van der Waals surface area contributed by atoms with Crippen LogP contribution in [0.1, 0.15) is 18.5 Å². The topological polar surface area (TPSA) is 54.6 Å². The first-order valence-electron chi connectivity index (χ1n) is 5.36. The highest BCUT2D eigenvalue weighted by Gasteiger charge is 2.08. The summed E-state index contributed by atoms with van der Waals surface area (Å²) in [5.41, 5.74) is 1.89. The molecule has 1 unspecified atom stereocenters. The summed E-state index contributed by atoms with van der Waals surface area (Å²) in [5.74, 6) is 0.586. The van der Waals surface area contributed by atoms with Crippen LogP contribution in [0.2, 0.25) is 0 Å². The number of aromatic hydroxyl groups is 1. The van der Waals surface area contributed by atoms with Crippen LogP contribution in [0.25, 0.3) is 0 Å². The van der Waals surface area contributed by atoms with Gasteiger partial charge >= 0.3 is 0 Å². The minimum absolute atomic E-state index is 0.113. The van der Waals surface area contributed by atoms with Crippen molar-refractivity contribution in [2.75, 3.05) is 12.4 Å². The quantitative estimate of drug-likeness (QED) is 0.851. The molecule has 1 heterocycles. The van der Waals surface area contributed by atoms with Gasteiger partial charge in [-0.15, -0.1) is 0 Å². The molecule has 0 radical (unpaired) electrons. The second kappa shape index (κ2) is 4.82. The first-order valence-corrected chi connectivity index (χ1v) is 5.36. The standard InChI is InChI=1S/C13H15NO3/c1-9(10-5-6-17-8-10)14-11-3-4-13(16-2)12(15)7-11/h3-9,14-15H,1-2H3. The zero-order valence-electron chi connectivity index (χ0n) is 9.81. The minimum Gasteiger partial charge on any atom is -0.504 e. The van der Waals surface area contributed by atoms with Gasteiger partial charge in [0.1, 0.15) is 0 Å². The Bertz CT molecular complexity index is 479. The predicted molar refractivity (Wildman–Crippen MR) is 65.4 cm³/mol. The number of furan rings is 1. The summed E-state index contributed by atoms with van der Waals surface area (Å²) >= 11 is 0. The van der Waals surface area contributed by atoms with E-state index in [9.17, 15) is 5.11 Å². The van der Waals surface area contributed by atoms with E-state index in [2.05, 4.69) is 5.32 Å². The molecule has 0 saturated carbocycles. The zero-order chi connectivity index (χ0) is 12.3. The van der Waals surface area contributed by atoms with Crippen molar-refractivity contribution >= 4 is 5.69 Å². The van der Waals surface area contributed by atoms with E-state index >= 15 is 0 Å². The lowest BCUT2D eigenvalue weighted by Gasteiger charge is -2.14. The highest BCUT2D eigenvalue weighted by molar-refractivity contribution is 5.54. The van der Waals surface area contributed by atoms with Crippen LogP contribution in [0.3, 0.4) is 0 Å². The van der Waals surface area contributed by atoms with Crippen LogP contribution in [0, 0.1) is 0 Å². The normalized spacial score (nSPS) is 12.1. The third kappa shape index (κ3) is 2.53. The van der Waals surface area contributed by atoms with Crippen molar-refractivity contribution in [3.8, 4) is 11.5 Å². The van der Waals surface area contributed by atoms with Gasteiger partial charge in [-0.3, -0.25) is 0 Å². The Kier molecular flexibility index (Phi) is 3.23. The summed E-state index contributed by atoms with van der Waals surface area (Å²) in [4.78, 5) is 0. The number of hydrogen-bond donors (Lipinski definition) is 2. The average molecular weight is 233 g/mol. The fourth-order valence-electron chi connectivity index (χ4n) is 1.63. The molecule has 0 saturated heterocycles. The largest absolute Gasteiger partial charge is 0.504 e. The Morgan fingerprint density at radius 2 is 2.18 bits per heavy atom. The molecule has 1 atom stereocenters. The molecule has 0 spiro atoms. The molecule has 2 N–H and O–H groups in total. The molecule has 2 rings (SSSR count). The third-order valence-electron chi connectivity index (χ3n) is 2.61. The van der Waals surface area contributed by atoms with Gasteiger partial charge in [0.25, 0.3) is 0 Å². The van der Waals surface area contributed by atoms with Gasteiger partial charge < -0.3 is 19.6 Å². The van der Waals surface area contributed by atoms with Gasteiger partial charge in [0.15, 0.2) is 11.5 Å². The molecule has 4 heteroatoms. The summed E-state index contributed by atoms with van der Waals surface area (Å²) in [6.07, 6.45) is 3.33. The summed E-state index contributed by atoms with van der Waals surface area (Å²) in [6.45, 7) is 2.02. The van der Waals surface area contributed by atoms with Gasteiger partial charge in [-0.05, 0) is 25.1 Å². The lowest BCUT2D eigenvalue weighted by Crippen LogP contribution is -2.05. The maximum absolute atomic E-state index is 9.65. The molecule has 4 nitrogen and oxygen atoms in total. The SMILES string of the molecule is COc1ccc(NC(C)c2ccoc2)cc1O. The zero-order valence-corrected chi connectivity index (χ0v) is 9.81. The molecule has 1 aromatic heterocycles. The van der Waals surface area contributed by atoms with E-state index in [1.807, 2.05) is 19.1 Å². The smallest absolute Gasteiger partial charge is 0.160 e. The van der Waals surface area contributed by atoms with Crippen molar-refractivity contribution < 1.29 is 14.3 Å². The van der Waals surface area contributed by atoms with E-state index in [1.54, 1.807) is 24.7 Å². The molecule has 0 aliphatic heterocycles. The number of methoxy groups -OCH3 is 1. The van der Waals surface area contributed by atoms with E-state index in [0.29, 0.717) is 5.75 Å². The molecule has 0 aliphatic carbocycles. The van der Waals surface area contributed by atoms with Crippen LogP contribution >= 0.6 is 0 Å². The van der Waals surface area contributed by atoms with Crippen LogP contribution in [0.5, 0.6) is 11.5 Å². The fraction of sp³-hybridized carbons (Fsp3) is 0.231. The minimum atomic E-state index is 0.113. The number of ether oxygens (including phenoxy) is 1. The molecule has 2 aromatic rings. The van der Waals surface area contributed by atoms with Crippen molar-refractivity contribution in [2.24, 2.45) is 0 Å². The number of rotatable bonds is 4. The molecular formula is C13H15NO3. The van der Waals surface area contributed by atoms with E-state index in [-0.39, 0.29) is 11.8 Å². The summed E-state index contributed by atoms with van der Waals surface area (Å²) in [7, 11) is 1.52. The maximum Gasteiger partial charge on any atom is 0.160 e. The number of benzene rings is 1. The lowest BCUT2D eigenvalue weighted by molar-refractivity contribution is 0.373. The van der Waals surface area contributed by atoms with Gasteiger partial charge in [-0.2, -0.15) is 0 Å². The van der Waals surface area contributed by atoms with Crippen molar-refractivity contribution in [2.45, 2.75) is 13.0 Å². The Hall–Kier alpha value is -2.10. The van der Waals surface area contributed by atoms with E-state index in [1.165, 1.54) is 7.11 Å². The molecule has 1 aromatic carbocycles. The van der Waals surface area contributed by atoms with E-state index < -0.39 is 0 Å². The van der Waals surface area contributed by atoms with Crippen LogP contribution in [0.4, 0.5) is 5.69 Å². The summed E-state index contributed by atoms with van der Waals surface area (Å²) in [5, 5.41) is 12.9. The summed E-state index contributed by atoms with van der Waals surface area (Å²) < 4.78 is 10.0. The van der Waals surface area contributed by atoms with Gasteiger partial charge in [0.05, 0.1) is 25.7 Å². The monoisotopic (exact) mass is 233 g/mol. The molecule has 0 fully saturated rings. The number of hydrogen-bond acceptors (Lipinski definition) is 4. The summed E-state index contributed by atoms with van der Waals surface area (Å²) in [6, 6.07) is 7.23. The first kappa shape index (κ1) is 11.4. The maximum atomic E-state index is 9.65. The second-order valence-electron chi connectivity index (χ2n) is 3.81. The Balaban J connectivity index is 2.11. The Morgan fingerprint density at radius 1 is 1.35 bits per heavy atom. The predicted octanol–water partition coefficient (Wildman–Crippen LogP) is 3.17. The van der Waals surface area contributed by atoms with Crippen molar-refractivity contribution in [1.29, 1.82) is 0 Å². The molecule has 90 valence electrons. The van der Waals surface area contributed by atoms with Crippen LogP contribution in [-0.2, 0) is 0 Å². The fourth-order valence-corrected chi connectivity index (χ4v) is 1.63. The Labute approximate surface area is 99.8 Å². The molecule has 17 heavy (non-hydrogen) atoms. The second-order valence-corrected chi connectivity index (χ2v) is 3.81. The number of phenols is 1. The lowest BCUT2D eigenvalue weighted by atomic mass is 10.1. The highest BCUT2D eigenvalue weighted by Crippen LogP contribution is 2.30. The van der Waals surface area contributed by atoms with Crippen LogP contribution < -0.4 is 10.1 Å². The highest BCUT2D eigenvalue weighted by atomic mass is 16.5. The molecule has 0 aliphatic rings. The van der Waals surface area contributed by atoms with Crippen molar-refractivity contribution in [3.63, 3.8) is 0 Å². The molecular weight excluding hydrogens is 218 g/mol. The average Bonchev–Trinajstić information content (AvgIpc) is 2.82. The molecule has 0 bridgehead atoms. The number of phenolic OH excluding ortho intramolecular Hbond substituents is 1. The van der Waals surface area contributed by atoms with Crippen molar-refractivity contribution in [3.05, 3.63) is 42.4 Å². The van der Waals surface area contributed by atoms with Gasteiger partial charge in [-0.25, -0.2) is 0 Å². The molecule has 0 amide bonds. The van der Waals surface area contributed by atoms with Gasteiger partial charge in [0, 0.05) is 17.3 Å². The van der Waals surface area contributed by atoms with Gasteiger partial charge in [-0.1, -0.05) is 0 Å². The van der Waals surface area contributed by atoms with Gasteiger partial charge in [0.2, 0.25) is 0 Å². The van der Waals surface area contributed by atoms with Crippen LogP contribution in [0.15, 0.2) is 41.2 Å².